The first kappa shape index (κ1) is 18.3. The Hall–Kier alpha value is -3.12. The highest BCUT2D eigenvalue weighted by molar-refractivity contribution is 5.89. The van der Waals surface area contributed by atoms with Crippen LogP contribution in [0.3, 0.4) is 0 Å². The van der Waals surface area contributed by atoms with Gasteiger partial charge in [-0.1, -0.05) is 29.8 Å². The van der Waals surface area contributed by atoms with Gasteiger partial charge in [-0.3, -0.25) is 0 Å². The number of rotatable bonds is 4. The number of amides is 2. The molecule has 0 aliphatic carbocycles. The quantitative estimate of drug-likeness (QED) is 0.734. The van der Waals surface area contributed by atoms with Crippen LogP contribution in [-0.4, -0.2) is 34.1 Å². The minimum atomic E-state index is -0.0862. The van der Waals surface area contributed by atoms with E-state index < -0.39 is 0 Å². The van der Waals surface area contributed by atoms with Gasteiger partial charge in [0.25, 0.3) is 0 Å². The third kappa shape index (κ3) is 3.77. The summed E-state index contributed by atoms with van der Waals surface area (Å²) in [4.78, 5) is 19.0. The molecule has 0 spiro atoms. The zero-order valence-electron chi connectivity index (χ0n) is 16.3. The van der Waals surface area contributed by atoms with Gasteiger partial charge in [0.2, 0.25) is 0 Å². The number of fused-ring (bicyclic) bond motifs is 1. The Bertz CT molecular complexity index is 960. The Labute approximate surface area is 165 Å². The lowest BCUT2D eigenvalue weighted by atomic mass is 10.1. The summed E-state index contributed by atoms with van der Waals surface area (Å²) in [7, 11) is 1.92. The maximum Gasteiger partial charge on any atom is 0.322 e. The number of carbonyl (C=O) groups is 1. The molecular weight excluding hydrogens is 350 g/mol. The highest BCUT2D eigenvalue weighted by atomic mass is 16.2. The lowest BCUT2D eigenvalue weighted by molar-refractivity contribution is 0.205. The molecule has 0 saturated heterocycles. The van der Waals surface area contributed by atoms with Crippen LogP contribution in [0.2, 0.25) is 0 Å². The van der Waals surface area contributed by atoms with E-state index in [1.165, 1.54) is 16.8 Å². The number of hydrogen-bond donors (Lipinski definition) is 2. The molecule has 3 aromatic rings. The van der Waals surface area contributed by atoms with Crippen molar-refractivity contribution in [3.05, 3.63) is 77.4 Å². The SMILES string of the molecule is CNCc1ccc(NC(=O)N2CCc3c(ncn3-c3ccc(C)cc3)C2)cc1. The molecule has 2 heterocycles. The van der Waals surface area contributed by atoms with E-state index in [2.05, 4.69) is 51.4 Å². The molecule has 2 amide bonds. The normalized spacial score (nSPS) is 13.3. The van der Waals surface area contributed by atoms with Crippen LogP contribution in [0.15, 0.2) is 54.9 Å². The second-order valence-corrected chi connectivity index (χ2v) is 7.17. The maximum atomic E-state index is 12.7. The molecule has 1 aliphatic heterocycles. The first-order valence-electron chi connectivity index (χ1n) is 9.55. The maximum absolute atomic E-state index is 12.7. The molecule has 0 unspecified atom stereocenters. The average molecular weight is 375 g/mol. The molecule has 0 atom stereocenters. The van der Waals surface area contributed by atoms with Crippen molar-refractivity contribution in [2.45, 2.75) is 26.4 Å². The largest absolute Gasteiger partial charge is 0.322 e. The lowest BCUT2D eigenvalue weighted by Gasteiger charge is -2.27. The van der Waals surface area contributed by atoms with Gasteiger partial charge in [-0.05, 0) is 43.8 Å². The number of nitrogens with one attached hydrogen (secondary N) is 2. The third-order valence-corrected chi connectivity index (χ3v) is 5.10. The van der Waals surface area contributed by atoms with Gasteiger partial charge in [0.05, 0.1) is 18.6 Å². The monoisotopic (exact) mass is 375 g/mol. The highest BCUT2D eigenvalue weighted by Crippen LogP contribution is 2.22. The topological polar surface area (TPSA) is 62.2 Å². The molecule has 2 aromatic carbocycles. The second kappa shape index (κ2) is 7.86. The summed E-state index contributed by atoms with van der Waals surface area (Å²) in [6, 6.07) is 16.2. The molecule has 0 bridgehead atoms. The summed E-state index contributed by atoms with van der Waals surface area (Å²) in [5, 5.41) is 6.11. The fraction of sp³-hybridized carbons (Fsp3) is 0.273. The Kier molecular flexibility index (Phi) is 5.12. The summed E-state index contributed by atoms with van der Waals surface area (Å²) < 4.78 is 2.13. The summed E-state index contributed by atoms with van der Waals surface area (Å²) >= 11 is 0. The molecule has 6 nitrogen and oxygen atoms in total. The van der Waals surface area contributed by atoms with Crippen molar-refractivity contribution in [1.82, 2.24) is 19.8 Å². The van der Waals surface area contributed by atoms with Crippen molar-refractivity contribution in [3.8, 4) is 5.69 Å². The van der Waals surface area contributed by atoms with Crippen molar-refractivity contribution in [1.29, 1.82) is 0 Å². The van der Waals surface area contributed by atoms with Crippen LogP contribution in [0.5, 0.6) is 0 Å². The molecule has 0 saturated carbocycles. The van der Waals surface area contributed by atoms with Crippen LogP contribution >= 0.6 is 0 Å². The molecule has 6 heteroatoms. The second-order valence-electron chi connectivity index (χ2n) is 7.17. The predicted molar refractivity (Wildman–Crippen MR) is 111 cm³/mol. The van der Waals surface area contributed by atoms with E-state index in [4.69, 9.17) is 0 Å². The van der Waals surface area contributed by atoms with Crippen LogP contribution in [0, 0.1) is 6.92 Å². The number of imidazole rings is 1. The third-order valence-electron chi connectivity index (χ3n) is 5.10. The van der Waals surface area contributed by atoms with Gasteiger partial charge < -0.3 is 20.1 Å². The molecule has 2 N–H and O–H groups in total. The van der Waals surface area contributed by atoms with Crippen molar-refractivity contribution in [3.63, 3.8) is 0 Å². The van der Waals surface area contributed by atoms with Gasteiger partial charge >= 0.3 is 6.03 Å². The number of anilines is 1. The van der Waals surface area contributed by atoms with Crippen molar-refractivity contribution in [2.24, 2.45) is 0 Å². The van der Waals surface area contributed by atoms with Crippen molar-refractivity contribution in [2.75, 3.05) is 18.9 Å². The van der Waals surface area contributed by atoms with Crippen molar-refractivity contribution < 1.29 is 4.79 Å². The van der Waals surface area contributed by atoms with Crippen LogP contribution in [0.25, 0.3) is 5.69 Å². The molecule has 0 radical (unpaired) electrons. The van der Waals surface area contributed by atoms with E-state index in [0.29, 0.717) is 13.1 Å². The standard InChI is InChI=1S/C22H25N5O/c1-16-3-9-19(10-4-16)27-15-24-20-14-26(12-11-21(20)27)22(28)25-18-7-5-17(6-8-18)13-23-2/h3-10,15,23H,11-14H2,1-2H3,(H,25,28). The fourth-order valence-electron chi connectivity index (χ4n) is 3.52. The zero-order valence-corrected chi connectivity index (χ0v) is 16.3. The number of urea groups is 1. The van der Waals surface area contributed by atoms with Gasteiger partial charge in [0, 0.05) is 36.6 Å². The number of aromatic nitrogens is 2. The molecule has 144 valence electrons. The summed E-state index contributed by atoms with van der Waals surface area (Å²) in [6.45, 7) is 4.09. The smallest absolute Gasteiger partial charge is 0.318 e. The van der Waals surface area contributed by atoms with Gasteiger partial charge in [0.1, 0.15) is 0 Å². The number of hydrogen-bond acceptors (Lipinski definition) is 3. The molecule has 4 rings (SSSR count). The highest BCUT2D eigenvalue weighted by Gasteiger charge is 2.24. The van der Waals surface area contributed by atoms with Gasteiger partial charge in [0.15, 0.2) is 0 Å². The Morgan fingerprint density at radius 3 is 2.57 bits per heavy atom. The van der Waals surface area contributed by atoms with E-state index in [9.17, 15) is 4.79 Å². The fourth-order valence-corrected chi connectivity index (χ4v) is 3.52. The summed E-state index contributed by atoms with van der Waals surface area (Å²) in [5.41, 5.74) is 6.49. The Balaban J connectivity index is 1.44. The molecular formula is C22H25N5O. The van der Waals surface area contributed by atoms with E-state index in [1.807, 2.05) is 42.5 Å². The summed E-state index contributed by atoms with van der Waals surface area (Å²) in [5.74, 6) is 0. The van der Waals surface area contributed by atoms with Crippen LogP contribution < -0.4 is 10.6 Å². The number of carbonyl (C=O) groups excluding carboxylic acids is 1. The van der Waals surface area contributed by atoms with Crippen LogP contribution in [0.1, 0.15) is 22.5 Å². The van der Waals surface area contributed by atoms with E-state index in [-0.39, 0.29) is 6.03 Å². The lowest BCUT2D eigenvalue weighted by Crippen LogP contribution is -2.39. The molecule has 1 aliphatic rings. The number of aryl methyl sites for hydroxylation is 1. The zero-order chi connectivity index (χ0) is 19.5. The first-order chi connectivity index (χ1) is 13.6. The average Bonchev–Trinajstić information content (AvgIpc) is 3.13. The molecule has 28 heavy (non-hydrogen) atoms. The van der Waals surface area contributed by atoms with Crippen LogP contribution in [0.4, 0.5) is 10.5 Å². The number of benzene rings is 2. The van der Waals surface area contributed by atoms with Gasteiger partial charge in [-0.25, -0.2) is 9.78 Å². The molecule has 1 aromatic heterocycles. The Morgan fingerprint density at radius 2 is 1.86 bits per heavy atom. The van der Waals surface area contributed by atoms with E-state index in [1.54, 1.807) is 0 Å². The number of nitrogens with zero attached hydrogens (tertiary/aromatic N) is 3. The van der Waals surface area contributed by atoms with Gasteiger partial charge in [-0.15, -0.1) is 0 Å². The minimum Gasteiger partial charge on any atom is -0.318 e. The summed E-state index contributed by atoms with van der Waals surface area (Å²) in [6.07, 6.45) is 2.65. The van der Waals surface area contributed by atoms with E-state index in [0.717, 1.165) is 30.0 Å². The van der Waals surface area contributed by atoms with Gasteiger partial charge in [-0.2, -0.15) is 0 Å². The minimum absolute atomic E-state index is 0.0862. The van der Waals surface area contributed by atoms with E-state index >= 15 is 0 Å². The predicted octanol–water partition coefficient (Wildman–Crippen LogP) is 3.49. The van der Waals surface area contributed by atoms with Crippen LogP contribution in [-0.2, 0) is 19.5 Å². The molecule has 0 fully saturated rings. The first-order valence-corrected chi connectivity index (χ1v) is 9.55. The van der Waals surface area contributed by atoms with Crippen molar-refractivity contribution >= 4 is 11.7 Å². The Morgan fingerprint density at radius 1 is 1.11 bits per heavy atom.